The third kappa shape index (κ3) is 4.37. The molecule has 162 valence electrons. The van der Waals surface area contributed by atoms with Gasteiger partial charge in [0, 0.05) is 37.5 Å². The van der Waals surface area contributed by atoms with E-state index in [1.165, 1.54) is 7.11 Å². The van der Waals surface area contributed by atoms with Crippen molar-refractivity contribution in [3.63, 3.8) is 0 Å². The van der Waals surface area contributed by atoms with E-state index in [4.69, 9.17) is 30.5 Å². The molecule has 31 heavy (non-hydrogen) atoms. The van der Waals surface area contributed by atoms with Gasteiger partial charge < -0.3 is 23.9 Å². The van der Waals surface area contributed by atoms with Crippen LogP contribution in [0.2, 0.25) is 5.02 Å². The van der Waals surface area contributed by atoms with Crippen LogP contribution in [0.25, 0.3) is 22.3 Å². The second kappa shape index (κ2) is 9.39. The Balaban J connectivity index is 1.71. The highest BCUT2D eigenvalue weighted by molar-refractivity contribution is 6.34. The zero-order valence-corrected chi connectivity index (χ0v) is 18.0. The zero-order chi connectivity index (χ0) is 21.8. The fourth-order valence-corrected chi connectivity index (χ4v) is 3.73. The molecule has 0 spiro atoms. The largest absolute Gasteiger partial charge is 0.493 e. The van der Waals surface area contributed by atoms with Gasteiger partial charge in [-0.2, -0.15) is 15.2 Å². The zero-order valence-electron chi connectivity index (χ0n) is 17.3. The molecule has 1 aromatic carbocycles. The quantitative estimate of drug-likeness (QED) is 0.594. The van der Waals surface area contributed by atoms with E-state index in [2.05, 4.69) is 25.9 Å². The molecule has 1 aliphatic heterocycles. The molecule has 0 amide bonds. The summed E-state index contributed by atoms with van der Waals surface area (Å²) in [7, 11) is 3.08. The van der Waals surface area contributed by atoms with E-state index in [-0.39, 0.29) is 6.01 Å². The number of methoxy groups -OCH3 is 2. The maximum absolute atomic E-state index is 9.55. The summed E-state index contributed by atoms with van der Waals surface area (Å²) in [5.41, 5.74) is 1.97. The highest BCUT2D eigenvalue weighted by atomic mass is 35.5. The SMILES string of the molecule is COc1cc(Cl)c(-c2nc(OCCN3CCOCC3)nc3[nH]cc(C#N)c23)cc1OC. The number of hydrogen-bond acceptors (Lipinski definition) is 8. The standard InChI is InChI=1S/C21H22ClN5O4/c1-28-16-9-14(15(22)10-17(16)29-2)19-18-13(11-23)12-24-20(18)26-21(25-19)31-8-5-27-3-6-30-7-4-27/h9-10,12H,3-8H2,1-2H3,(H,24,25,26). The topological polar surface area (TPSA) is 106 Å². The fraction of sp³-hybridized carbons (Fsp3) is 0.381. The summed E-state index contributed by atoms with van der Waals surface area (Å²) < 4.78 is 22.0. The number of hydrogen-bond donors (Lipinski definition) is 1. The van der Waals surface area contributed by atoms with Crippen molar-refractivity contribution in [1.29, 1.82) is 5.26 Å². The van der Waals surface area contributed by atoms with Crippen molar-refractivity contribution in [2.24, 2.45) is 0 Å². The number of fused-ring (bicyclic) bond motifs is 1. The molecular formula is C21H22ClN5O4. The summed E-state index contributed by atoms with van der Waals surface area (Å²) >= 11 is 6.54. The number of halogens is 1. The van der Waals surface area contributed by atoms with E-state index < -0.39 is 0 Å². The van der Waals surface area contributed by atoms with Crippen molar-refractivity contribution >= 4 is 22.6 Å². The number of H-pyrrole nitrogens is 1. The van der Waals surface area contributed by atoms with E-state index in [1.54, 1.807) is 25.4 Å². The number of rotatable bonds is 7. The lowest BCUT2D eigenvalue weighted by Gasteiger charge is -2.26. The molecule has 10 heteroatoms. The van der Waals surface area contributed by atoms with Crippen molar-refractivity contribution in [3.8, 4) is 34.8 Å². The highest BCUT2D eigenvalue weighted by Crippen LogP contribution is 2.40. The van der Waals surface area contributed by atoms with Gasteiger partial charge in [0.1, 0.15) is 18.3 Å². The lowest BCUT2D eigenvalue weighted by atomic mass is 10.1. The molecular weight excluding hydrogens is 422 g/mol. The number of nitrogens with zero attached hydrogens (tertiary/aromatic N) is 4. The first-order valence-corrected chi connectivity index (χ1v) is 10.2. The molecule has 1 aliphatic rings. The molecule has 0 unspecified atom stereocenters. The van der Waals surface area contributed by atoms with Gasteiger partial charge in [-0.1, -0.05) is 11.6 Å². The number of nitrogens with one attached hydrogen (secondary N) is 1. The lowest BCUT2D eigenvalue weighted by Crippen LogP contribution is -2.38. The molecule has 1 saturated heterocycles. The number of nitriles is 1. The van der Waals surface area contributed by atoms with Gasteiger partial charge in [0.15, 0.2) is 11.5 Å². The van der Waals surface area contributed by atoms with Crippen LogP contribution < -0.4 is 14.2 Å². The number of morpholine rings is 1. The van der Waals surface area contributed by atoms with Crippen LogP contribution >= 0.6 is 11.6 Å². The maximum atomic E-state index is 9.55. The predicted molar refractivity (Wildman–Crippen MR) is 115 cm³/mol. The molecule has 0 radical (unpaired) electrons. The minimum Gasteiger partial charge on any atom is -0.493 e. The van der Waals surface area contributed by atoms with Crippen LogP contribution in [-0.4, -0.2) is 73.5 Å². The van der Waals surface area contributed by atoms with Gasteiger partial charge in [0.05, 0.1) is 49.1 Å². The van der Waals surface area contributed by atoms with Gasteiger partial charge in [0.25, 0.3) is 0 Å². The smallest absolute Gasteiger partial charge is 0.319 e. The Bertz CT molecular complexity index is 1120. The molecule has 2 aromatic heterocycles. The second-order valence-electron chi connectivity index (χ2n) is 6.88. The monoisotopic (exact) mass is 443 g/mol. The first kappa shape index (κ1) is 21.2. The molecule has 0 bridgehead atoms. The Morgan fingerprint density at radius 3 is 2.65 bits per heavy atom. The van der Waals surface area contributed by atoms with Gasteiger partial charge in [0.2, 0.25) is 0 Å². The van der Waals surface area contributed by atoms with Crippen molar-refractivity contribution in [2.75, 3.05) is 53.7 Å². The van der Waals surface area contributed by atoms with Gasteiger partial charge in [-0.3, -0.25) is 4.90 Å². The highest BCUT2D eigenvalue weighted by Gasteiger charge is 2.20. The Morgan fingerprint density at radius 1 is 1.19 bits per heavy atom. The first-order chi connectivity index (χ1) is 15.1. The maximum Gasteiger partial charge on any atom is 0.319 e. The summed E-state index contributed by atoms with van der Waals surface area (Å²) in [5.74, 6) is 0.996. The van der Waals surface area contributed by atoms with E-state index >= 15 is 0 Å². The molecule has 0 aliphatic carbocycles. The fourth-order valence-electron chi connectivity index (χ4n) is 3.49. The minimum atomic E-state index is 0.202. The van der Waals surface area contributed by atoms with Crippen molar-refractivity contribution in [3.05, 3.63) is 28.9 Å². The Labute approximate surface area is 184 Å². The molecule has 3 heterocycles. The van der Waals surface area contributed by atoms with Crippen molar-refractivity contribution in [2.45, 2.75) is 0 Å². The summed E-state index contributed by atoms with van der Waals surface area (Å²) in [6.45, 7) is 4.37. The summed E-state index contributed by atoms with van der Waals surface area (Å²) in [4.78, 5) is 14.3. The van der Waals surface area contributed by atoms with E-state index in [0.29, 0.717) is 51.0 Å². The Morgan fingerprint density at radius 2 is 1.94 bits per heavy atom. The Kier molecular flexibility index (Phi) is 6.42. The molecule has 0 atom stereocenters. The molecule has 0 saturated carbocycles. The summed E-state index contributed by atoms with van der Waals surface area (Å²) in [6, 6.07) is 5.75. The van der Waals surface area contributed by atoms with Crippen molar-refractivity contribution in [1.82, 2.24) is 19.9 Å². The van der Waals surface area contributed by atoms with Crippen LogP contribution in [0.3, 0.4) is 0 Å². The average Bonchev–Trinajstić information content (AvgIpc) is 3.22. The number of aromatic nitrogens is 3. The van der Waals surface area contributed by atoms with E-state index in [0.717, 1.165) is 32.8 Å². The average molecular weight is 444 g/mol. The lowest BCUT2D eigenvalue weighted by molar-refractivity contribution is 0.0317. The van der Waals surface area contributed by atoms with Crippen LogP contribution in [0.5, 0.6) is 17.5 Å². The Hall–Kier alpha value is -3.06. The van der Waals surface area contributed by atoms with Crippen LogP contribution in [0, 0.1) is 11.3 Å². The summed E-state index contributed by atoms with van der Waals surface area (Å²) in [6.07, 6.45) is 1.59. The van der Waals surface area contributed by atoms with E-state index in [1.807, 2.05) is 0 Å². The van der Waals surface area contributed by atoms with Gasteiger partial charge in [-0.15, -0.1) is 0 Å². The molecule has 1 N–H and O–H groups in total. The van der Waals surface area contributed by atoms with E-state index in [9.17, 15) is 5.26 Å². The van der Waals surface area contributed by atoms with Crippen LogP contribution in [0.1, 0.15) is 5.56 Å². The number of aromatic amines is 1. The predicted octanol–water partition coefficient (Wildman–Crippen LogP) is 2.88. The molecule has 3 aromatic rings. The normalized spacial score (nSPS) is 14.4. The van der Waals surface area contributed by atoms with Gasteiger partial charge >= 0.3 is 6.01 Å². The van der Waals surface area contributed by atoms with Crippen molar-refractivity contribution < 1.29 is 18.9 Å². The molecule has 9 nitrogen and oxygen atoms in total. The van der Waals surface area contributed by atoms with Crippen LogP contribution in [0.4, 0.5) is 0 Å². The molecule has 1 fully saturated rings. The first-order valence-electron chi connectivity index (χ1n) is 9.78. The summed E-state index contributed by atoms with van der Waals surface area (Å²) in [5, 5.41) is 10.5. The third-order valence-corrected chi connectivity index (χ3v) is 5.41. The number of benzene rings is 1. The third-order valence-electron chi connectivity index (χ3n) is 5.10. The van der Waals surface area contributed by atoms with Crippen LogP contribution in [0.15, 0.2) is 18.3 Å². The minimum absolute atomic E-state index is 0.202. The van der Waals surface area contributed by atoms with Crippen LogP contribution in [-0.2, 0) is 4.74 Å². The van der Waals surface area contributed by atoms with Gasteiger partial charge in [-0.25, -0.2) is 0 Å². The second-order valence-corrected chi connectivity index (χ2v) is 7.29. The van der Waals surface area contributed by atoms with Gasteiger partial charge in [-0.05, 0) is 6.07 Å². The number of ether oxygens (including phenoxy) is 4. The molecule has 4 rings (SSSR count).